The van der Waals surface area contributed by atoms with E-state index in [0.29, 0.717) is 41.3 Å². The predicted molar refractivity (Wildman–Crippen MR) is 180 cm³/mol. The number of aryl methyl sites for hydroxylation is 1. The molecule has 0 unspecified atom stereocenters. The van der Waals surface area contributed by atoms with Crippen LogP contribution in [-0.4, -0.2) is 70.2 Å². The van der Waals surface area contributed by atoms with E-state index >= 15 is 0 Å². The van der Waals surface area contributed by atoms with Crippen LogP contribution in [0.25, 0.3) is 11.0 Å². The lowest BCUT2D eigenvalue weighted by molar-refractivity contribution is -0.167. The van der Waals surface area contributed by atoms with Crippen molar-refractivity contribution in [2.75, 3.05) is 13.7 Å². The first kappa shape index (κ1) is 34.4. The molecule has 2 aliphatic carbocycles. The topological polar surface area (TPSA) is 117 Å². The highest BCUT2D eigenvalue weighted by atomic mass is 16.6. The molecule has 6 rings (SSSR count). The molecule has 2 saturated carbocycles. The number of fused-ring (bicyclic) bond motifs is 7. The Labute approximate surface area is 284 Å². The fraction of sp³-hybridized carbons (Fsp3) is 0.711. The molecule has 1 amide bonds. The summed E-state index contributed by atoms with van der Waals surface area (Å²) in [5.41, 5.74) is 0.854. The SMILES string of the molecule is COc1ccc2nc3c(nc2c1)O[C@H]1CN(C(=O)[C@H](C(C)(C)C)CC(=O)O[C@@H]2C[C@@H]4C[C@@H]4[C@H]2CCCCC3)[C@H](C(=O)OC(C)(C)C)[C@@H]1C. The van der Waals surface area contributed by atoms with Crippen molar-refractivity contribution in [1.82, 2.24) is 14.9 Å². The van der Waals surface area contributed by atoms with Crippen LogP contribution in [0.15, 0.2) is 18.2 Å². The quantitative estimate of drug-likeness (QED) is 0.341. The van der Waals surface area contributed by atoms with Gasteiger partial charge in [-0.05, 0) is 88.2 Å². The van der Waals surface area contributed by atoms with E-state index in [0.717, 1.165) is 43.3 Å². The van der Waals surface area contributed by atoms with Gasteiger partial charge in [0.1, 0.15) is 35.3 Å². The number of hydrogen-bond acceptors (Lipinski definition) is 9. The monoisotopic (exact) mass is 663 g/mol. The van der Waals surface area contributed by atoms with Crippen LogP contribution in [-0.2, 0) is 30.3 Å². The van der Waals surface area contributed by atoms with Crippen molar-refractivity contribution in [3.8, 4) is 11.6 Å². The fourth-order valence-corrected chi connectivity index (χ4v) is 8.17. The zero-order valence-corrected chi connectivity index (χ0v) is 29.9. The van der Waals surface area contributed by atoms with Gasteiger partial charge in [-0.15, -0.1) is 0 Å². The molecule has 48 heavy (non-hydrogen) atoms. The van der Waals surface area contributed by atoms with Crippen LogP contribution in [0.1, 0.15) is 99.1 Å². The van der Waals surface area contributed by atoms with Gasteiger partial charge in [0.2, 0.25) is 11.8 Å². The maximum Gasteiger partial charge on any atom is 0.329 e. The summed E-state index contributed by atoms with van der Waals surface area (Å²) in [4.78, 5) is 53.5. The highest BCUT2D eigenvalue weighted by Gasteiger charge is 2.55. The number of aromatic nitrogens is 2. The second kappa shape index (κ2) is 13.1. The molecule has 10 heteroatoms. The molecular weight excluding hydrogens is 610 g/mol. The second-order valence-corrected chi connectivity index (χ2v) is 16.6. The van der Waals surface area contributed by atoms with E-state index in [1.807, 2.05) is 66.7 Å². The molecule has 1 aromatic heterocycles. The number of carbonyl (C=O) groups excluding carboxylic acids is 3. The van der Waals surface area contributed by atoms with Gasteiger partial charge in [-0.2, -0.15) is 0 Å². The summed E-state index contributed by atoms with van der Waals surface area (Å²) < 4.78 is 24.2. The molecule has 3 fully saturated rings. The van der Waals surface area contributed by atoms with Crippen molar-refractivity contribution in [2.24, 2.45) is 35.0 Å². The average molecular weight is 664 g/mol. The summed E-state index contributed by atoms with van der Waals surface area (Å²) in [7, 11) is 1.61. The Morgan fingerprint density at radius 1 is 0.938 bits per heavy atom. The molecule has 0 spiro atoms. The lowest BCUT2D eigenvalue weighted by Crippen LogP contribution is -2.50. The minimum Gasteiger partial charge on any atom is -0.497 e. The molecule has 10 nitrogen and oxygen atoms in total. The van der Waals surface area contributed by atoms with Crippen molar-refractivity contribution in [1.29, 1.82) is 0 Å². The summed E-state index contributed by atoms with van der Waals surface area (Å²) >= 11 is 0. The molecule has 2 bridgehead atoms. The van der Waals surface area contributed by atoms with Crippen molar-refractivity contribution in [2.45, 2.75) is 124 Å². The van der Waals surface area contributed by atoms with Gasteiger partial charge < -0.3 is 23.8 Å². The number of ether oxygens (including phenoxy) is 4. The van der Waals surface area contributed by atoms with E-state index in [4.69, 9.17) is 28.9 Å². The van der Waals surface area contributed by atoms with E-state index in [-0.39, 0.29) is 30.9 Å². The second-order valence-electron chi connectivity index (χ2n) is 16.6. The number of amides is 1. The van der Waals surface area contributed by atoms with Gasteiger partial charge in [0.15, 0.2) is 0 Å². The summed E-state index contributed by atoms with van der Waals surface area (Å²) in [6.45, 7) is 13.4. The first-order valence-corrected chi connectivity index (χ1v) is 17.9. The van der Waals surface area contributed by atoms with Crippen LogP contribution in [0.5, 0.6) is 11.6 Å². The zero-order valence-electron chi connectivity index (χ0n) is 29.9. The van der Waals surface area contributed by atoms with Crippen molar-refractivity contribution in [3.05, 3.63) is 23.9 Å². The molecule has 2 aromatic rings. The van der Waals surface area contributed by atoms with Gasteiger partial charge in [0, 0.05) is 12.0 Å². The molecule has 1 aromatic carbocycles. The highest BCUT2D eigenvalue weighted by molar-refractivity contribution is 5.89. The maximum absolute atomic E-state index is 14.6. The Balaban J connectivity index is 1.38. The van der Waals surface area contributed by atoms with E-state index in [9.17, 15) is 14.4 Å². The van der Waals surface area contributed by atoms with Crippen LogP contribution in [0.3, 0.4) is 0 Å². The third-order valence-electron chi connectivity index (χ3n) is 10.9. The lowest BCUT2D eigenvalue weighted by Gasteiger charge is -2.35. The van der Waals surface area contributed by atoms with Gasteiger partial charge in [-0.3, -0.25) is 9.59 Å². The number of benzene rings is 1. The van der Waals surface area contributed by atoms with Gasteiger partial charge in [-0.1, -0.05) is 40.5 Å². The van der Waals surface area contributed by atoms with E-state index < -0.39 is 41.0 Å². The number of methoxy groups -OCH3 is 1. The van der Waals surface area contributed by atoms with Crippen molar-refractivity contribution >= 4 is 28.9 Å². The number of nitrogens with zero attached hydrogens (tertiary/aromatic N) is 3. The Morgan fingerprint density at radius 3 is 2.42 bits per heavy atom. The fourth-order valence-electron chi connectivity index (χ4n) is 8.17. The predicted octanol–water partition coefficient (Wildman–Crippen LogP) is 6.31. The van der Waals surface area contributed by atoms with Crippen LogP contribution in [0.2, 0.25) is 0 Å². The average Bonchev–Trinajstić information content (AvgIpc) is 3.57. The summed E-state index contributed by atoms with van der Waals surface area (Å²) in [6, 6.07) is 4.73. The van der Waals surface area contributed by atoms with E-state index in [2.05, 4.69) is 0 Å². The minimum atomic E-state index is -0.895. The first-order valence-electron chi connectivity index (χ1n) is 17.9. The normalized spacial score (nSPS) is 31.5. The van der Waals surface area contributed by atoms with Crippen LogP contribution >= 0.6 is 0 Å². The molecule has 1 saturated heterocycles. The van der Waals surface area contributed by atoms with Crippen LogP contribution in [0.4, 0.5) is 0 Å². The Hall–Kier alpha value is -3.43. The Kier molecular flexibility index (Phi) is 9.41. The number of rotatable bonds is 2. The molecule has 8 atom stereocenters. The summed E-state index contributed by atoms with van der Waals surface area (Å²) in [5, 5.41) is 0. The third kappa shape index (κ3) is 7.27. The van der Waals surface area contributed by atoms with Gasteiger partial charge in [-0.25, -0.2) is 14.8 Å². The summed E-state index contributed by atoms with van der Waals surface area (Å²) in [5.74, 6) is 0.529. The summed E-state index contributed by atoms with van der Waals surface area (Å²) in [6.07, 6.45) is 6.14. The van der Waals surface area contributed by atoms with E-state index in [1.165, 1.54) is 6.42 Å². The van der Waals surface area contributed by atoms with Crippen LogP contribution < -0.4 is 9.47 Å². The molecular formula is C38H53N3O7. The molecule has 2 aliphatic heterocycles. The first-order chi connectivity index (χ1) is 22.6. The number of carbonyl (C=O) groups is 3. The van der Waals surface area contributed by atoms with Crippen molar-refractivity contribution < 1.29 is 33.3 Å². The van der Waals surface area contributed by atoms with Gasteiger partial charge in [0.05, 0.1) is 37.0 Å². The standard InChI is InChI=1S/C38H53N3O7/c1-21-31-20-41(33(21)36(44)48-38(5,6)7)35(43)26(37(2,3)4)19-32(42)46-30-17-22-16-25(22)24(30)12-10-9-11-13-28-34(47-31)40-29-18-23(45-8)14-15-27(29)39-28/h14-15,18,21-22,24-26,30-31,33H,9-13,16-17,19-20H2,1-8H3/t21-,22+,24-,25+,26-,30-,31+,33+/m1/s1. The Bertz CT molecular complexity index is 1550. The lowest BCUT2D eigenvalue weighted by atomic mass is 9.77. The molecule has 0 radical (unpaired) electrons. The van der Waals surface area contributed by atoms with E-state index in [1.54, 1.807) is 12.0 Å². The number of esters is 2. The third-order valence-corrected chi connectivity index (χ3v) is 10.9. The molecule has 262 valence electrons. The minimum absolute atomic E-state index is 0.0412. The molecule has 3 heterocycles. The zero-order chi connectivity index (χ0) is 34.5. The maximum atomic E-state index is 14.6. The largest absolute Gasteiger partial charge is 0.497 e. The molecule has 4 aliphatic rings. The van der Waals surface area contributed by atoms with Crippen LogP contribution in [0, 0.1) is 35.0 Å². The highest BCUT2D eigenvalue weighted by Crippen LogP contribution is 2.58. The van der Waals surface area contributed by atoms with Gasteiger partial charge >= 0.3 is 11.9 Å². The Morgan fingerprint density at radius 2 is 1.71 bits per heavy atom. The van der Waals surface area contributed by atoms with Crippen molar-refractivity contribution in [3.63, 3.8) is 0 Å². The molecule has 0 N–H and O–H groups in total. The van der Waals surface area contributed by atoms with Gasteiger partial charge in [0.25, 0.3) is 0 Å². The number of hydrogen-bond donors (Lipinski definition) is 0. The smallest absolute Gasteiger partial charge is 0.329 e.